The number of morpholine rings is 1. The van der Waals surface area contributed by atoms with Gasteiger partial charge in [-0.05, 0) is 48.4 Å². The summed E-state index contributed by atoms with van der Waals surface area (Å²) in [6.45, 7) is 1.47. The zero-order valence-electron chi connectivity index (χ0n) is 18.7. The molecule has 1 amide bonds. The van der Waals surface area contributed by atoms with Crippen molar-refractivity contribution in [2.75, 3.05) is 26.9 Å². The SMILES string of the molecule is COc1ccc(CC2COCCN2C(=O)c2ccccc2-n2nccn2)cc1-c1cccnn1. The van der Waals surface area contributed by atoms with Gasteiger partial charge in [0.15, 0.2) is 0 Å². The van der Waals surface area contributed by atoms with Crippen molar-refractivity contribution in [3.05, 3.63) is 84.3 Å². The number of hydrogen-bond acceptors (Lipinski definition) is 7. The van der Waals surface area contributed by atoms with Crippen LogP contribution in [0.2, 0.25) is 0 Å². The van der Waals surface area contributed by atoms with Gasteiger partial charge < -0.3 is 14.4 Å². The Balaban J connectivity index is 1.43. The summed E-state index contributed by atoms with van der Waals surface area (Å²) in [6.07, 6.45) is 5.46. The fourth-order valence-electron chi connectivity index (χ4n) is 4.21. The maximum Gasteiger partial charge on any atom is 0.256 e. The van der Waals surface area contributed by atoms with Crippen molar-refractivity contribution in [1.29, 1.82) is 0 Å². The second kappa shape index (κ2) is 9.80. The minimum absolute atomic E-state index is 0.0659. The molecule has 0 radical (unpaired) electrons. The zero-order chi connectivity index (χ0) is 23.3. The first-order chi connectivity index (χ1) is 16.7. The first-order valence-corrected chi connectivity index (χ1v) is 11.0. The van der Waals surface area contributed by atoms with E-state index >= 15 is 0 Å². The second-order valence-electron chi connectivity index (χ2n) is 7.91. The molecule has 5 rings (SSSR count). The first kappa shape index (κ1) is 21.7. The van der Waals surface area contributed by atoms with E-state index in [2.05, 4.69) is 20.4 Å². The maximum absolute atomic E-state index is 13.7. The maximum atomic E-state index is 13.7. The lowest BCUT2D eigenvalue weighted by Crippen LogP contribution is -2.50. The summed E-state index contributed by atoms with van der Waals surface area (Å²) < 4.78 is 11.3. The van der Waals surface area contributed by atoms with Crippen LogP contribution >= 0.6 is 0 Å². The van der Waals surface area contributed by atoms with Gasteiger partial charge in [0.05, 0.1) is 55.7 Å². The van der Waals surface area contributed by atoms with E-state index in [9.17, 15) is 4.79 Å². The summed E-state index contributed by atoms with van der Waals surface area (Å²) in [5.74, 6) is 0.654. The summed E-state index contributed by atoms with van der Waals surface area (Å²) in [4.78, 5) is 17.0. The van der Waals surface area contributed by atoms with Crippen LogP contribution in [0, 0.1) is 0 Å². The molecule has 1 aliphatic heterocycles. The predicted molar refractivity (Wildman–Crippen MR) is 125 cm³/mol. The van der Waals surface area contributed by atoms with E-state index < -0.39 is 0 Å². The van der Waals surface area contributed by atoms with Crippen LogP contribution in [-0.4, -0.2) is 68.9 Å². The Morgan fingerprint density at radius 2 is 1.94 bits per heavy atom. The average molecular weight is 457 g/mol. The molecule has 34 heavy (non-hydrogen) atoms. The largest absolute Gasteiger partial charge is 0.496 e. The molecular formula is C25H24N6O3. The Labute approximate surface area is 197 Å². The van der Waals surface area contributed by atoms with Crippen LogP contribution in [0.1, 0.15) is 15.9 Å². The molecule has 1 unspecified atom stereocenters. The van der Waals surface area contributed by atoms with E-state index in [1.54, 1.807) is 25.7 Å². The smallest absolute Gasteiger partial charge is 0.256 e. The number of carbonyl (C=O) groups is 1. The molecule has 9 nitrogen and oxygen atoms in total. The Kier molecular flexibility index (Phi) is 6.26. The Bertz CT molecular complexity index is 1260. The highest BCUT2D eigenvalue weighted by atomic mass is 16.5. The highest BCUT2D eigenvalue weighted by Crippen LogP contribution is 2.30. The number of para-hydroxylation sites is 1. The summed E-state index contributed by atoms with van der Waals surface area (Å²) in [7, 11) is 1.64. The van der Waals surface area contributed by atoms with Crippen molar-refractivity contribution in [2.45, 2.75) is 12.5 Å². The van der Waals surface area contributed by atoms with Gasteiger partial charge in [0.25, 0.3) is 5.91 Å². The van der Waals surface area contributed by atoms with Gasteiger partial charge in [-0.3, -0.25) is 4.79 Å². The van der Waals surface area contributed by atoms with Crippen LogP contribution in [0.4, 0.5) is 0 Å². The molecule has 0 saturated carbocycles. The molecule has 2 aromatic heterocycles. The van der Waals surface area contributed by atoms with Crippen molar-refractivity contribution >= 4 is 5.91 Å². The highest BCUT2D eigenvalue weighted by Gasteiger charge is 2.30. The van der Waals surface area contributed by atoms with Crippen LogP contribution in [-0.2, 0) is 11.2 Å². The molecule has 1 fully saturated rings. The van der Waals surface area contributed by atoms with Gasteiger partial charge >= 0.3 is 0 Å². The normalized spacial score (nSPS) is 15.8. The molecule has 0 spiro atoms. The van der Waals surface area contributed by atoms with Crippen LogP contribution in [0.3, 0.4) is 0 Å². The number of rotatable bonds is 6. The van der Waals surface area contributed by atoms with Crippen molar-refractivity contribution in [3.63, 3.8) is 0 Å². The van der Waals surface area contributed by atoms with E-state index in [0.717, 1.165) is 22.6 Å². The fourth-order valence-corrected chi connectivity index (χ4v) is 4.21. The lowest BCUT2D eigenvalue weighted by atomic mass is 9.99. The van der Waals surface area contributed by atoms with Gasteiger partial charge in [-0.15, -0.1) is 0 Å². The van der Waals surface area contributed by atoms with Gasteiger partial charge in [-0.2, -0.15) is 25.2 Å². The minimum atomic E-state index is -0.122. The summed E-state index contributed by atoms with van der Waals surface area (Å²) in [5.41, 5.74) is 3.85. The first-order valence-electron chi connectivity index (χ1n) is 11.0. The molecule has 2 aromatic carbocycles. The van der Waals surface area contributed by atoms with E-state index in [0.29, 0.717) is 37.4 Å². The molecule has 1 atom stereocenters. The van der Waals surface area contributed by atoms with Gasteiger partial charge in [0.2, 0.25) is 0 Å². The Morgan fingerprint density at radius 3 is 2.74 bits per heavy atom. The molecule has 172 valence electrons. The molecule has 9 heteroatoms. The number of ether oxygens (including phenoxy) is 2. The molecule has 3 heterocycles. The third-order valence-electron chi connectivity index (χ3n) is 5.84. The van der Waals surface area contributed by atoms with Crippen LogP contribution in [0.5, 0.6) is 5.75 Å². The van der Waals surface area contributed by atoms with Gasteiger partial charge in [-0.1, -0.05) is 18.2 Å². The predicted octanol–water partition coefficient (Wildman–Crippen LogP) is 2.82. The quantitative estimate of drug-likeness (QED) is 0.440. The molecule has 1 saturated heterocycles. The number of carbonyl (C=O) groups excluding carboxylic acids is 1. The van der Waals surface area contributed by atoms with Crippen molar-refractivity contribution < 1.29 is 14.3 Å². The second-order valence-corrected chi connectivity index (χ2v) is 7.91. The van der Waals surface area contributed by atoms with Crippen LogP contribution in [0.15, 0.2) is 73.2 Å². The summed E-state index contributed by atoms with van der Waals surface area (Å²) in [5, 5.41) is 16.6. The third-order valence-corrected chi connectivity index (χ3v) is 5.84. The van der Waals surface area contributed by atoms with Crippen molar-refractivity contribution in [3.8, 4) is 22.7 Å². The number of benzene rings is 2. The van der Waals surface area contributed by atoms with E-state index in [-0.39, 0.29) is 11.9 Å². The van der Waals surface area contributed by atoms with Crippen LogP contribution in [0.25, 0.3) is 16.9 Å². The van der Waals surface area contributed by atoms with Crippen molar-refractivity contribution in [2.24, 2.45) is 0 Å². The average Bonchev–Trinajstić information content (AvgIpc) is 3.44. The molecule has 4 aromatic rings. The highest BCUT2D eigenvalue weighted by molar-refractivity contribution is 5.98. The molecule has 0 N–H and O–H groups in total. The number of methoxy groups -OCH3 is 1. The van der Waals surface area contributed by atoms with E-state index in [4.69, 9.17) is 9.47 Å². The summed E-state index contributed by atoms with van der Waals surface area (Å²) >= 11 is 0. The lowest BCUT2D eigenvalue weighted by molar-refractivity contribution is -0.00165. The lowest BCUT2D eigenvalue weighted by Gasteiger charge is -2.36. The van der Waals surface area contributed by atoms with E-state index in [1.165, 1.54) is 4.80 Å². The fraction of sp³-hybridized carbons (Fsp3) is 0.240. The Morgan fingerprint density at radius 1 is 1.09 bits per heavy atom. The zero-order valence-corrected chi connectivity index (χ0v) is 18.7. The van der Waals surface area contributed by atoms with Crippen LogP contribution < -0.4 is 4.74 Å². The third kappa shape index (κ3) is 4.38. The minimum Gasteiger partial charge on any atom is -0.496 e. The molecule has 0 aliphatic carbocycles. The molecule has 1 aliphatic rings. The van der Waals surface area contributed by atoms with Gasteiger partial charge in [0.1, 0.15) is 5.75 Å². The standard InChI is InChI=1S/C25H24N6O3/c1-33-24-9-8-18(16-21(24)22-6-4-10-26-29-22)15-19-17-34-14-13-30(19)25(32)20-5-2-3-7-23(20)31-27-11-12-28-31/h2-12,16,19H,13-15,17H2,1H3. The topological polar surface area (TPSA) is 95.3 Å². The monoisotopic (exact) mass is 456 g/mol. The number of aromatic nitrogens is 5. The van der Waals surface area contributed by atoms with Gasteiger partial charge in [0, 0.05) is 18.3 Å². The number of hydrogen-bond donors (Lipinski definition) is 0. The Hall–Kier alpha value is -4.11. The molecule has 0 bridgehead atoms. The number of nitrogens with zero attached hydrogens (tertiary/aromatic N) is 6. The van der Waals surface area contributed by atoms with E-state index in [1.807, 2.05) is 59.5 Å². The van der Waals surface area contributed by atoms with Crippen molar-refractivity contribution in [1.82, 2.24) is 30.1 Å². The molecular weight excluding hydrogens is 432 g/mol. The summed E-state index contributed by atoms with van der Waals surface area (Å²) in [6, 6.07) is 17.0. The number of amides is 1. The van der Waals surface area contributed by atoms with Gasteiger partial charge in [-0.25, -0.2) is 0 Å².